The molecule has 0 bridgehead atoms. The first-order valence-electron chi connectivity index (χ1n) is 6.29. The lowest BCUT2D eigenvalue weighted by molar-refractivity contribution is -0.896. The molecule has 0 unspecified atom stereocenters. The Balaban J connectivity index is 2.66. The summed E-state index contributed by atoms with van der Waals surface area (Å²) in [6.07, 6.45) is 0. The van der Waals surface area contributed by atoms with Gasteiger partial charge in [-0.3, -0.25) is 10.1 Å². The number of hydrogen-bond donors (Lipinski definition) is 1. The number of aryl methyl sites for hydroxylation is 1. The van der Waals surface area contributed by atoms with E-state index >= 15 is 0 Å². The normalized spacial score (nSPS) is 10.7. The van der Waals surface area contributed by atoms with Gasteiger partial charge in [-0.25, -0.2) is 0 Å². The first-order chi connectivity index (χ1) is 8.58. The molecule has 0 atom stereocenters. The van der Waals surface area contributed by atoms with Gasteiger partial charge >= 0.3 is 5.69 Å². The topological polar surface area (TPSA) is 56.8 Å². The van der Waals surface area contributed by atoms with E-state index in [4.69, 9.17) is 4.74 Å². The molecule has 0 fully saturated rings. The van der Waals surface area contributed by atoms with Gasteiger partial charge in [0, 0.05) is 6.07 Å². The fourth-order valence-corrected chi connectivity index (χ4v) is 1.80. The molecule has 0 saturated heterocycles. The first-order valence-corrected chi connectivity index (χ1v) is 6.29. The summed E-state index contributed by atoms with van der Waals surface area (Å²) in [7, 11) is 0. The number of hydrogen-bond acceptors (Lipinski definition) is 3. The molecule has 0 heterocycles. The summed E-state index contributed by atoms with van der Waals surface area (Å²) < 4.78 is 5.55. The molecule has 5 nitrogen and oxygen atoms in total. The first kappa shape index (κ1) is 14.4. The van der Waals surface area contributed by atoms with Gasteiger partial charge in [-0.15, -0.1) is 0 Å². The average molecular weight is 253 g/mol. The molecule has 100 valence electrons. The molecule has 5 heteroatoms. The average Bonchev–Trinajstić information content (AvgIpc) is 2.34. The number of ether oxygens (including phenoxy) is 1. The summed E-state index contributed by atoms with van der Waals surface area (Å²) in [5.41, 5.74) is 1.00. The number of nitrogens with zero attached hydrogens (tertiary/aromatic N) is 1. The van der Waals surface area contributed by atoms with E-state index < -0.39 is 4.92 Å². The van der Waals surface area contributed by atoms with E-state index in [0.29, 0.717) is 12.4 Å². The molecule has 0 saturated carbocycles. The van der Waals surface area contributed by atoms with Crippen molar-refractivity contribution in [3.05, 3.63) is 33.9 Å². The number of benzene rings is 1. The Morgan fingerprint density at radius 3 is 2.56 bits per heavy atom. The van der Waals surface area contributed by atoms with Crippen LogP contribution in [-0.4, -0.2) is 31.2 Å². The van der Waals surface area contributed by atoms with Crippen LogP contribution in [0.4, 0.5) is 5.69 Å². The Kier molecular flexibility index (Phi) is 5.58. The largest absolute Gasteiger partial charge is 0.481 e. The van der Waals surface area contributed by atoms with Crippen LogP contribution in [-0.2, 0) is 0 Å². The van der Waals surface area contributed by atoms with Crippen molar-refractivity contribution in [2.24, 2.45) is 0 Å². The minimum absolute atomic E-state index is 0.0372. The summed E-state index contributed by atoms with van der Waals surface area (Å²) in [6, 6.07) is 4.94. The van der Waals surface area contributed by atoms with E-state index in [9.17, 15) is 10.1 Å². The fraction of sp³-hybridized carbons (Fsp3) is 0.538. The molecule has 1 N–H and O–H groups in total. The lowest BCUT2D eigenvalue weighted by Gasteiger charge is -2.15. The highest BCUT2D eigenvalue weighted by molar-refractivity contribution is 5.48. The number of nitro benzene ring substituents is 1. The molecule has 0 aliphatic carbocycles. The van der Waals surface area contributed by atoms with Crippen molar-refractivity contribution in [2.45, 2.75) is 20.8 Å². The number of nitro groups is 1. The predicted octanol–water partition coefficient (Wildman–Crippen LogP) is 1.21. The van der Waals surface area contributed by atoms with Gasteiger partial charge in [0.2, 0.25) is 0 Å². The van der Waals surface area contributed by atoms with Gasteiger partial charge in [0.15, 0.2) is 5.75 Å². The van der Waals surface area contributed by atoms with E-state index in [-0.39, 0.29) is 5.69 Å². The molecule has 0 aliphatic heterocycles. The third-order valence-electron chi connectivity index (χ3n) is 3.03. The van der Waals surface area contributed by atoms with Crippen LogP contribution in [0.1, 0.15) is 19.4 Å². The van der Waals surface area contributed by atoms with Crippen LogP contribution in [0, 0.1) is 17.0 Å². The molecule has 0 amide bonds. The lowest BCUT2D eigenvalue weighted by Crippen LogP contribution is -3.12. The molecule has 1 rings (SSSR count). The van der Waals surface area contributed by atoms with Crippen LogP contribution in [0.15, 0.2) is 18.2 Å². The van der Waals surface area contributed by atoms with Gasteiger partial charge in [-0.2, -0.15) is 0 Å². The Hall–Kier alpha value is -1.62. The molecule has 0 aliphatic rings. The second-order valence-electron chi connectivity index (χ2n) is 4.28. The number of quaternary nitrogens is 1. The molecular weight excluding hydrogens is 232 g/mol. The summed E-state index contributed by atoms with van der Waals surface area (Å²) in [5, 5.41) is 10.9. The maximum atomic E-state index is 10.9. The maximum absolute atomic E-state index is 10.9. The van der Waals surface area contributed by atoms with E-state index in [1.807, 2.05) is 6.92 Å². The minimum atomic E-state index is -0.404. The highest BCUT2D eigenvalue weighted by atomic mass is 16.6. The van der Waals surface area contributed by atoms with E-state index in [1.54, 1.807) is 12.1 Å². The van der Waals surface area contributed by atoms with Crippen LogP contribution >= 0.6 is 0 Å². The zero-order chi connectivity index (χ0) is 13.5. The van der Waals surface area contributed by atoms with Gasteiger partial charge in [0.05, 0.1) is 18.0 Å². The van der Waals surface area contributed by atoms with E-state index in [0.717, 1.165) is 25.2 Å². The van der Waals surface area contributed by atoms with Crippen molar-refractivity contribution in [3.63, 3.8) is 0 Å². The van der Waals surface area contributed by atoms with E-state index in [1.165, 1.54) is 11.0 Å². The summed E-state index contributed by atoms with van der Waals surface area (Å²) in [5.74, 6) is 0.367. The Bertz CT molecular complexity index is 403. The molecule has 0 spiro atoms. The quantitative estimate of drug-likeness (QED) is 0.587. The second-order valence-corrected chi connectivity index (χ2v) is 4.28. The van der Waals surface area contributed by atoms with Crippen LogP contribution < -0.4 is 9.64 Å². The van der Waals surface area contributed by atoms with Crippen molar-refractivity contribution < 1.29 is 14.6 Å². The highest BCUT2D eigenvalue weighted by Crippen LogP contribution is 2.27. The SMILES string of the molecule is CC[NH+](CC)CCOc1cc(C)ccc1[N+](=O)[O-]. The zero-order valence-corrected chi connectivity index (χ0v) is 11.2. The van der Waals surface area contributed by atoms with Gasteiger partial charge in [-0.05, 0) is 32.4 Å². The number of likely N-dealkylation sites (N-methyl/N-ethyl adjacent to an activating group) is 1. The van der Waals surface area contributed by atoms with Gasteiger partial charge in [0.25, 0.3) is 0 Å². The lowest BCUT2D eigenvalue weighted by atomic mass is 10.2. The van der Waals surface area contributed by atoms with Crippen LogP contribution in [0.2, 0.25) is 0 Å². The molecule has 0 aromatic heterocycles. The minimum Gasteiger partial charge on any atom is -0.481 e. The van der Waals surface area contributed by atoms with Crippen molar-refractivity contribution in [2.75, 3.05) is 26.2 Å². The third kappa shape index (κ3) is 4.00. The monoisotopic (exact) mass is 253 g/mol. The van der Waals surface area contributed by atoms with Crippen molar-refractivity contribution in [1.29, 1.82) is 0 Å². The predicted molar refractivity (Wildman–Crippen MR) is 70.2 cm³/mol. The van der Waals surface area contributed by atoms with Crippen molar-refractivity contribution in [3.8, 4) is 5.75 Å². The van der Waals surface area contributed by atoms with Crippen molar-refractivity contribution >= 4 is 5.69 Å². The molecule has 0 radical (unpaired) electrons. The fourth-order valence-electron chi connectivity index (χ4n) is 1.80. The summed E-state index contributed by atoms with van der Waals surface area (Å²) >= 11 is 0. The summed E-state index contributed by atoms with van der Waals surface area (Å²) in [4.78, 5) is 11.9. The van der Waals surface area contributed by atoms with Crippen LogP contribution in [0.5, 0.6) is 5.75 Å². The third-order valence-corrected chi connectivity index (χ3v) is 3.03. The molecule has 18 heavy (non-hydrogen) atoms. The Morgan fingerprint density at radius 2 is 2.00 bits per heavy atom. The molecular formula is C13H21N2O3+. The smallest absolute Gasteiger partial charge is 0.310 e. The second kappa shape index (κ2) is 6.96. The Labute approximate surface area is 108 Å². The maximum Gasteiger partial charge on any atom is 0.310 e. The summed E-state index contributed by atoms with van der Waals surface area (Å²) in [6.45, 7) is 9.57. The van der Waals surface area contributed by atoms with Gasteiger partial charge in [-0.1, -0.05) is 6.07 Å². The van der Waals surface area contributed by atoms with E-state index in [2.05, 4.69) is 13.8 Å². The standard InChI is InChI=1S/C13H20N2O3/c1-4-14(5-2)8-9-18-13-10-11(3)6-7-12(13)15(16)17/h6-7,10H,4-5,8-9H2,1-3H3/p+1. The highest BCUT2D eigenvalue weighted by Gasteiger charge is 2.15. The molecule has 1 aromatic rings. The molecule has 1 aromatic carbocycles. The zero-order valence-electron chi connectivity index (χ0n) is 11.2. The van der Waals surface area contributed by atoms with Gasteiger partial charge < -0.3 is 9.64 Å². The number of rotatable bonds is 7. The van der Waals surface area contributed by atoms with Crippen LogP contribution in [0.25, 0.3) is 0 Å². The van der Waals surface area contributed by atoms with Gasteiger partial charge in [0.1, 0.15) is 13.2 Å². The van der Waals surface area contributed by atoms with Crippen LogP contribution in [0.3, 0.4) is 0 Å². The van der Waals surface area contributed by atoms with Crippen molar-refractivity contribution in [1.82, 2.24) is 0 Å². The Morgan fingerprint density at radius 1 is 1.33 bits per heavy atom. The number of nitrogens with one attached hydrogen (secondary N) is 1.